The van der Waals surface area contributed by atoms with Crippen LogP contribution in [0.3, 0.4) is 0 Å². The van der Waals surface area contributed by atoms with Crippen molar-refractivity contribution in [3.8, 4) is 0 Å². The third-order valence-electron chi connectivity index (χ3n) is 4.34. The Morgan fingerprint density at radius 2 is 1.50 bits per heavy atom. The number of nitrogens with zero attached hydrogens (tertiary/aromatic N) is 2. The van der Waals surface area contributed by atoms with E-state index in [1.165, 1.54) is 39.0 Å². The average Bonchev–Trinajstić information content (AvgIpc) is 2.76. The Morgan fingerprint density at radius 1 is 0.929 bits per heavy atom. The maximum absolute atomic E-state index is 2.76. The molecule has 0 amide bonds. The van der Waals surface area contributed by atoms with Gasteiger partial charge in [-0.25, -0.2) is 0 Å². The van der Waals surface area contributed by atoms with E-state index in [1.807, 2.05) is 0 Å². The molecule has 2 saturated heterocycles. The lowest BCUT2D eigenvalue weighted by Gasteiger charge is -2.23. The van der Waals surface area contributed by atoms with Gasteiger partial charge in [0.1, 0.15) is 0 Å². The minimum atomic E-state index is 0.759. The van der Waals surface area contributed by atoms with E-state index in [4.69, 9.17) is 0 Å². The van der Waals surface area contributed by atoms with Gasteiger partial charge in [-0.05, 0) is 38.5 Å². The van der Waals surface area contributed by atoms with Crippen molar-refractivity contribution in [1.29, 1.82) is 0 Å². The Balaban J connectivity index is 1.59. The van der Waals surface area contributed by atoms with Crippen molar-refractivity contribution in [2.45, 2.75) is 38.8 Å². The van der Waals surface area contributed by atoms with Crippen LogP contribution in [0.15, 0.2) is 0 Å². The van der Waals surface area contributed by atoms with Crippen LogP contribution in [0.5, 0.6) is 0 Å². The lowest BCUT2D eigenvalue weighted by atomic mass is 10.0. The molecule has 3 rings (SSSR count). The minimum Gasteiger partial charge on any atom is -0.300 e. The first-order valence-corrected chi connectivity index (χ1v) is 6.22. The zero-order chi connectivity index (χ0) is 9.71. The molecule has 2 heterocycles. The Bertz CT molecular complexity index is 194. The van der Waals surface area contributed by atoms with Crippen molar-refractivity contribution >= 4 is 0 Å². The lowest BCUT2D eigenvalue weighted by molar-refractivity contribution is 0.219. The summed E-state index contributed by atoms with van der Waals surface area (Å²) in [6.45, 7) is 10.2. The summed E-state index contributed by atoms with van der Waals surface area (Å²) < 4.78 is 0. The van der Waals surface area contributed by atoms with E-state index in [-0.39, 0.29) is 0 Å². The second-order valence-electron chi connectivity index (χ2n) is 5.75. The van der Waals surface area contributed by atoms with Crippen molar-refractivity contribution < 1.29 is 0 Å². The standard InChI is InChI=1S/C12H22N2/c1-9(2)13-5-10-7-14(12-3-4-12)8-11(10)6-13/h9-12H,3-8H2,1-2H3/t10-,11+. The second-order valence-corrected chi connectivity index (χ2v) is 5.75. The molecular formula is C12H22N2. The smallest absolute Gasteiger partial charge is 0.00966 e. The Hall–Kier alpha value is -0.0800. The molecule has 1 saturated carbocycles. The topological polar surface area (TPSA) is 6.48 Å². The zero-order valence-electron chi connectivity index (χ0n) is 9.45. The largest absolute Gasteiger partial charge is 0.300 e. The molecule has 3 fully saturated rings. The van der Waals surface area contributed by atoms with Crippen LogP contribution in [0.4, 0.5) is 0 Å². The molecule has 80 valence electrons. The van der Waals surface area contributed by atoms with Gasteiger partial charge < -0.3 is 4.90 Å². The molecule has 0 aromatic carbocycles. The SMILES string of the molecule is CC(C)N1C[C@@H]2CN(C3CC3)C[C@@H]2C1. The second kappa shape index (κ2) is 3.21. The molecule has 0 radical (unpaired) electrons. The van der Waals surface area contributed by atoms with E-state index < -0.39 is 0 Å². The molecule has 14 heavy (non-hydrogen) atoms. The molecule has 1 aliphatic carbocycles. The first kappa shape index (κ1) is 9.17. The van der Waals surface area contributed by atoms with E-state index in [0.717, 1.165) is 23.9 Å². The minimum absolute atomic E-state index is 0.759. The van der Waals surface area contributed by atoms with Crippen LogP contribution in [-0.2, 0) is 0 Å². The van der Waals surface area contributed by atoms with Crippen LogP contribution in [0.1, 0.15) is 26.7 Å². The van der Waals surface area contributed by atoms with Crippen LogP contribution in [0.2, 0.25) is 0 Å². The van der Waals surface area contributed by atoms with Gasteiger partial charge >= 0.3 is 0 Å². The predicted octanol–water partition coefficient (Wildman–Crippen LogP) is 1.42. The number of likely N-dealkylation sites (tertiary alicyclic amines) is 2. The molecular weight excluding hydrogens is 172 g/mol. The van der Waals surface area contributed by atoms with Gasteiger partial charge in [0.05, 0.1) is 0 Å². The maximum Gasteiger partial charge on any atom is 0.00966 e. The van der Waals surface area contributed by atoms with Gasteiger partial charge in [-0.3, -0.25) is 4.90 Å². The molecule has 2 nitrogen and oxygen atoms in total. The molecule has 0 unspecified atom stereocenters. The summed E-state index contributed by atoms with van der Waals surface area (Å²) in [4.78, 5) is 5.42. The number of hydrogen-bond donors (Lipinski definition) is 0. The quantitative estimate of drug-likeness (QED) is 0.656. The average molecular weight is 194 g/mol. The predicted molar refractivity (Wildman–Crippen MR) is 58.3 cm³/mol. The van der Waals surface area contributed by atoms with Gasteiger partial charge in [-0.15, -0.1) is 0 Å². The molecule has 2 aliphatic heterocycles. The molecule has 2 heteroatoms. The number of fused-ring (bicyclic) bond motifs is 1. The van der Waals surface area contributed by atoms with E-state index in [9.17, 15) is 0 Å². The van der Waals surface area contributed by atoms with Crippen LogP contribution in [0.25, 0.3) is 0 Å². The first-order valence-electron chi connectivity index (χ1n) is 6.22. The van der Waals surface area contributed by atoms with E-state index in [0.29, 0.717) is 0 Å². The van der Waals surface area contributed by atoms with Gasteiger partial charge in [0, 0.05) is 38.3 Å². The summed E-state index contributed by atoms with van der Waals surface area (Å²) in [7, 11) is 0. The Labute approximate surface area is 87.3 Å². The highest BCUT2D eigenvalue weighted by Crippen LogP contribution is 2.38. The van der Waals surface area contributed by atoms with Crippen molar-refractivity contribution in [3.05, 3.63) is 0 Å². The molecule has 0 bridgehead atoms. The first-order chi connectivity index (χ1) is 6.74. The highest BCUT2D eigenvalue weighted by Gasteiger charge is 2.44. The van der Waals surface area contributed by atoms with Gasteiger partial charge in [0.25, 0.3) is 0 Å². The lowest BCUT2D eigenvalue weighted by Crippen LogP contribution is -2.33. The van der Waals surface area contributed by atoms with Crippen molar-refractivity contribution in [2.24, 2.45) is 11.8 Å². The van der Waals surface area contributed by atoms with Gasteiger partial charge in [0.15, 0.2) is 0 Å². The summed E-state index contributed by atoms with van der Waals surface area (Å²) in [5.74, 6) is 2.00. The normalized spacial score (nSPS) is 39.6. The van der Waals surface area contributed by atoms with Gasteiger partial charge in [0.2, 0.25) is 0 Å². The highest BCUT2D eigenvalue weighted by atomic mass is 15.3. The van der Waals surface area contributed by atoms with Crippen LogP contribution < -0.4 is 0 Å². The highest BCUT2D eigenvalue weighted by molar-refractivity contribution is 4.98. The Morgan fingerprint density at radius 3 is 1.93 bits per heavy atom. The summed E-state index contributed by atoms with van der Waals surface area (Å²) in [6.07, 6.45) is 2.96. The fourth-order valence-electron chi connectivity index (χ4n) is 3.23. The fraction of sp³-hybridized carbons (Fsp3) is 1.00. The van der Waals surface area contributed by atoms with Crippen LogP contribution >= 0.6 is 0 Å². The van der Waals surface area contributed by atoms with Crippen molar-refractivity contribution in [2.75, 3.05) is 26.2 Å². The molecule has 0 N–H and O–H groups in total. The van der Waals surface area contributed by atoms with Crippen molar-refractivity contribution in [3.63, 3.8) is 0 Å². The number of rotatable bonds is 2. The fourth-order valence-corrected chi connectivity index (χ4v) is 3.23. The third kappa shape index (κ3) is 1.49. The third-order valence-corrected chi connectivity index (χ3v) is 4.34. The molecule has 0 spiro atoms. The summed E-state index contributed by atoms with van der Waals surface area (Å²) in [5, 5.41) is 0. The maximum atomic E-state index is 2.76. The Kier molecular flexibility index (Phi) is 2.10. The van der Waals surface area contributed by atoms with Crippen molar-refractivity contribution in [1.82, 2.24) is 9.80 Å². The van der Waals surface area contributed by atoms with E-state index in [2.05, 4.69) is 23.6 Å². The van der Waals surface area contributed by atoms with E-state index in [1.54, 1.807) is 0 Å². The molecule has 0 aromatic heterocycles. The molecule has 3 aliphatic rings. The monoisotopic (exact) mass is 194 g/mol. The summed E-state index contributed by atoms with van der Waals surface area (Å²) in [5.41, 5.74) is 0. The molecule has 2 atom stereocenters. The zero-order valence-corrected chi connectivity index (χ0v) is 9.45. The number of hydrogen-bond acceptors (Lipinski definition) is 2. The summed E-state index contributed by atoms with van der Waals surface area (Å²) in [6, 6.07) is 1.75. The summed E-state index contributed by atoms with van der Waals surface area (Å²) >= 11 is 0. The van der Waals surface area contributed by atoms with Crippen LogP contribution in [-0.4, -0.2) is 48.1 Å². The van der Waals surface area contributed by atoms with Crippen LogP contribution in [0, 0.1) is 11.8 Å². The van der Waals surface area contributed by atoms with Gasteiger partial charge in [-0.1, -0.05) is 0 Å². The van der Waals surface area contributed by atoms with Gasteiger partial charge in [-0.2, -0.15) is 0 Å². The molecule has 0 aromatic rings. The van der Waals surface area contributed by atoms with E-state index >= 15 is 0 Å².